The van der Waals surface area contributed by atoms with E-state index < -0.39 is 22.5 Å². The molecule has 2 aromatic rings. The number of anilines is 1. The molecule has 0 aliphatic rings. The van der Waals surface area contributed by atoms with Gasteiger partial charge in [0, 0.05) is 4.47 Å². The second kappa shape index (κ2) is 8.07. The second-order valence-corrected chi connectivity index (χ2v) is 8.05. The Kier molecular flexibility index (Phi) is 6.31. The van der Waals surface area contributed by atoms with E-state index in [1.54, 1.807) is 12.1 Å². The van der Waals surface area contributed by atoms with Gasteiger partial charge in [0.1, 0.15) is 12.3 Å². The molecule has 0 spiro atoms. The first-order valence-electron chi connectivity index (χ1n) is 6.98. The first-order valence-corrected chi connectivity index (χ1v) is 9.59. The largest absolute Gasteiger partial charge is 0.495 e. The average molecular weight is 449 g/mol. The van der Waals surface area contributed by atoms with Gasteiger partial charge in [-0.15, -0.1) is 0 Å². The zero-order valence-corrected chi connectivity index (χ0v) is 16.6. The van der Waals surface area contributed by atoms with Crippen LogP contribution in [0.15, 0.2) is 51.8 Å². The zero-order valence-electron chi connectivity index (χ0n) is 13.4. The van der Waals surface area contributed by atoms with Gasteiger partial charge in [-0.1, -0.05) is 27.5 Å². The minimum Gasteiger partial charge on any atom is -0.495 e. The number of methoxy groups -OCH3 is 2. The molecule has 0 aliphatic heterocycles. The molecule has 0 bridgehead atoms. The van der Waals surface area contributed by atoms with Gasteiger partial charge in [0.15, 0.2) is 0 Å². The predicted molar refractivity (Wildman–Crippen MR) is 98.7 cm³/mol. The Morgan fingerprint density at radius 3 is 2.32 bits per heavy atom. The summed E-state index contributed by atoms with van der Waals surface area (Å²) in [5.41, 5.74) is 0.221. The van der Waals surface area contributed by atoms with Gasteiger partial charge in [-0.05, 0) is 42.5 Å². The molecular formula is C16H15BrClNO5S. The predicted octanol–water partition coefficient (Wildman–Crippen LogP) is 3.48. The first-order chi connectivity index (χ1) is 11.8. The van der Waals surface area contributed by atoms with Gasteiger partial charge in [0.2, 0.25) is 0 Å². The van der Waals surface area contributed by atoms with Gasteiger partial charge in [-0.2, -0.15) is 0 Å². The lowest BCUT2D eigenvalue weighted by molar-refractivity contribution is -0.138. The van der Waals surface area contributed by atoms with Gasteiger partial charge in [-0.3, -0.25) is 9.10 Å². The zero-order chi connectivity index (χ0) is 18.6. The third kappa shape index (κ3) is 4.45. The number of esters is 1. The summed E-state index contributed by atoms with van der Waals surface area (Å²) in [6.07, 6.45) is 0. The molecule has 0 heterocycles. The number of hydrogen-bond donors (Lipinski definition) is 0. The quantitative estimate of drug-likeness (QED) is 0.633. The molecule has 0 atom stereocenters. The van der Waals surface area contributed by atoms with E-state index in [4.69, 9.17) is 16.3 Å². The Hall–Kier alpha value is -1.77. The van der Waals surface area contributed by atoms with Crippen molar-refractivity contribution in [1.82, 2.24) is 0 Å². The molecule has 2 aromatic carbocycles. The second-order valence-electron chi connectivity index (χ2n) is 4.86. The molecule has 6 nitrogen and oxygen atoms in total. The number of nitrogens with zero attached hydrogens (tertiary/aromatic N) is 1. The van der Waals surface area contributed by atoms with Gasteiger partial charge >= 0.3 is 5.97 Å². The minimum absolute atomic E-state index is 0.0338. The van der Waals surface area contributed by atoms with Gasteiger partial charge in [-0.25, -0.2) is 8.42 Å². The highest BCUT2D eigenvalue weighted by Gasteiger charge is 2.28. The maximum Gasteiger partial charge on any atom is 0.326 e. The Morgan fingerprint density at radius 1 is 1.16 bits per heavy atom. The number of ether oxygens (including phenoxy) is 2. The lowest BCUT2D eigenvalue weighted by Crippen LogP contribution is -2.36. The number of carbonyl (C=O) groups is 1. The summed E-state index contributed by atoms with van der Waals surface area (Å²) in [6.45, 7) is -0.489. The van der Waals surface area contributed by atoms with Crippen LogP contribution in [-0.2, 0) is 19.6 Å². The fourth-order valence-electron chi connectivity index (χ4n) is 2.04. The van der Waals surface area contributed by atoms with Crippen LogP contribution in [-0.4, -0.2) is 35.2 Å². The van der Waals surface area contributed by atoms with Crippen molar-refractivity contribution < 1.29 is 22.7 Å². The van der Waals surface area contributed by atoms with Crippen LogP contribution < -0.4 is 9.04 Å². The monoisotopic (exact) mass is 447 g/mol. The lowest BCUT2D eigenvalue weighted by Gasteiger charge is -2.24. The Balaban J connectivity index is 2.53. The normalized spacial score (nSPS) is 11.0. The molecule has 0 unspecified atom stereocenters. The van der Waals surface area contributed by atoms with Crippen LogP contribution in [0.2, 0.25) is 5.02 Å². The maximum absolute atomic E-state index is 13.0. The lowest BCUT2D eigenvalue weighted by atomic mass is 10.3. The van der Waals surface area contributed by atoms with Gasteiger partial charge in [0.05, 0.1) is 29.8 Å². The van der Waals surface area contributed by atoms with E-state index in [1.807, 2.05) is 0 Å². The van der Waals surface area contributed by atoms with Crippen molar-refractivity contribution in [2.75, 3.05) is 25.1 Å². The number of rotatable bonds is 6. The van der Waals surface area contributed by atoms with Crippen LogP contribution in [0.1, 0.15) is 0 Å². The Labute approximate surface area is 159 Å². The number of sulfonamides is 1. The standard InChI is InChI=1S/C16H15BrClNO5S/c1-23-15-8-5-12(9-14(15)18)19(10-16(20)24-2)25(21,22)13-6-3-11(17)4-7-13/h3-9H,10H2,1-2H3. The molecule has 0 saturated carbocycles. The summed E-state index contributed by atoms with van der Waals surface area (Å²) in [7, 11) is -1.36. The molecule has 0 amide bonds. The third-order valence-corrected chi connectivity index (χ3v) is 5.94. The van der Waals surface area contributed by atoms with Crippen LogP contribution in [0.5, 0.6) is 5.75 Å². The third-order valence-electron chi connectivity index (χ3n) is 3.33. The molecule has 25 heavy (non-hydrogen) atoms. The summed E-state index contributed by atoms with van der Waals surface area (Å²) >= 11 is 9.35. The summed E-state index contributed by atoms with van der Waals surface area (Å²) in [5, 5.41) is 0.223. The van der Waals surface area contributed by atoms with E-state index in [2.05, 4.69) is 20.7 Å². The summed E-state index contributed by atoms with van der Waals surface area (Å²) in [4.78, 5) is 11.8. The maximum atomic E-state index is 13.0. The molecule has 2 rings (SSSR count). The van der Waals surface area contributed by atoms with E-state index in [-0.39, 0.29) is 15.6 Å². The number of carbonyl (C=O) groups excluding carboxylic acids is 1. The van der Waals surface area contributed by atoms with Crippen molar-refractivity contribution >= 4 is 49.2 Å². The van der Waals surface area contributed by atoms with Gasteiger partial charge in [0.25, 0.3) is 10.0 Å². The van der Waals surface area contributed by atoms with Crippen molar-refractivity contribution in [3.8, 4) is 5.75 Å². The molecule has 9 heteroatoms. The fraction of sp³-hybridized carbons (Fsp3) is 0.188. The molecule has 0 aliphatic carbocycles. The smallest absolute Gasteiger partial charge is 0.326 e. The van der Waals surface area contributed by atoms with E-state index in [0.717, 1.165) is 8.78 Å². The highest BCUT2D eigenvalue weighted by atomic mass is 79.9. The molecule has 0 saturated heterocycles. The van der Waals surface area contributed by atoms with E-state index >= 15 is 0 Å². The molecule has 0 N–H and O–H groups in total. The molecule has 0 radical (unpaired) electrons. The van der Waals surface area contributed by atoms with E-state index in [0.29, 0.717) is 5.75 Å². The van der Waals surface area contributed by atoms with Crippen molar-refractivity contribution in [1.29, 1.82) is 0 Å². The SMILES string of the molecule is COC(=O)CN(c1ccc(OC)c(Cl)c1)S(=O)(=O)c1ccc(Br)cc1. The first kappa shape index (κ1) is 19.6. The Bertz CT molecular complexity index is 871. The van der Waals surface area contributed by atoms with Gasteiger partial charge < -0.3 is 9.47 Å². The van der Waals surface area contributed by atoms with E-state index in [1.165, 1.54) is 44.6 Å². The molecular weight excluding hydrogens is 434 g/mol. The van der Waals surface area contributed by atoms with E-state index in [9.17, 15) is 13.2 Å². The molecule has 0 fully saturated rings. The number of halogens is 2. The van der Waals surface area contributed by atoms with Crippen LogP contribution in [0.4, 0.5) is 5.69 Å². The topological polar surface area (TPSA) is 72.9 Å². The molecule has 134 valence electrons. The Morgan fingerprint density at radius 2 is 1.80 bits per heavy atom. The average Bonchev–Trinajstić information content (AvgIpc) is 2.59. The number of benzene rings is 2. The van der Waals surface area contributed by atoms with Crippen LogP contribution in [0.3, 0.4) is 0 Å². The summed E-state index contributed by atoms with van der Waals surface area (Å²) in [5.74, 6) is -0.308. The highest BCUT2D eigenvalue weighted by molar-refractivity contribution is 9.10. The molecule has 0 aromatic heterocycles. The minimum atomic E-state index is -4.00. The van der Waals surface area contributed by atoms with Crippen molar-refractivity contribution in [3.05, 3.63) is 52.0 Å². The summed E-state index contributed by atoms with van der Waals surface area (Å²) in [6, 6.07) is 10.5. The van der Waals surface area contributed by atoms with Crippen molar-refractivity contribution in [2.45, 2.75) is 4.90 Å². The number of hydrogen-bond acceptors (Lipinski definition) is 5. The van der Waals surface area contributed by atoms with Crippen LogP contribution in [0, 0.1) is 0 Å². The van der Waals surface area contributed by atoms with Crippen LogP contribution >= 0.6 is 27.5 Å². The van der Waals surface area contributed by atoms with Crippen molar-refractivity contribution in [3.63, 3.8) is 0 Å². The highest BCUT2D eigenvalue weighted by Crippen LogP contribution is 2.32. The van der Waals surface area contributed by atoms with Crippen LogP contribution in [0.25, 0.3) is 0 Å². The summed E-state index contributed by atoms with van der Waals surface area (Å²) < 4.78 is 37.3. The fourth-order valence-corrected chi connectivity index (χ4v) is 3.96. The van der Waals surface area contributed by atoms with Crippen molar-refractivity contribution in [2.24, 2.45) is 0 Å².